The molecule has 0 radical (unpaired) electrons. The molecule has 4 aliphatic rings. The van der Waals surface area contributed by atoms with Gasteiger partial charge in [-0.15, -0.1) is 6.58 Å². The van der Waals surface area contributed by atoms with Crippen LogP contribution in [-0.2, 0) is 32.1 Å². The monoisotopic (exact) mass is 538 g/mol. The van der Waals surface area contributed by atoms with E-state index in [9.17, 15) is 19.7 Å². The molecule has 1 aromatic rings. The third-order valence-electron chi connectivity index (χ3n) is 11.2. The Morgan fingerprint density at radius 1 is 1.33 bits per heavy atom. The Morgan fingerprint density at radius 2 is 2.08 bits per heavy atom. The molecule has 1 aromatic carbocycles. The molecule has 0 saturated heterocycles. The van der Waals surface area contributed by atoms with Crippen molar-refractivity contribution in [1.82, 2.24) is 0 Å². The molecule has 39 heavy (non-hydrogen) atoms. The predicted octanol–water partition coefficient (Wildman–Crippen LogP) is 2.68. The number of ketones is 1. The molecular formula is C30H43BN2O6. The molecule has 5 N–H and O–H groups in total. The second-order valence-electron chi connectivity index (χ2n) is 13.0. The lowest BCUT2D eigenvalue weighted by Gasteiger charge is -2.61. The summed E-state index contributed by atoms with van der Waals surface area (Å²) in [6.45, 7) is 12.9. The Morgan fingerprint density at radius 3 is 2.77 bits per heavy atom. The smallest absolute Gasteiger partial charge is 0.460 e. The van der Waals surface area contributed by atoms with Crippen LogP contribution in [0.1, 0.15) is 70.9 Å². The predicted molar refractivity (Wildman–Crippen MR) is 150 cm³/mol. The Kier molecular flexibility index (Phi) is 7.28. The number of nitrogens with one attached hydrogen (secondary N) is 1. The van der Waals surface area contributed by atoms with Crippen molar-refractivity contribution in [1.29, 1.82) is 0 Å². The van der Waals surface area contributed by atoms with Crippen LogP contribution in [0.15, 0.2) is 24.8 Å². The van der Waals surface area contributed by atoms with Crippen molar-refractivity contribution < 1.29 is 29.1 Å². The van der Waals surface area contributed by atoms with Gasteiger partial charge in [0.25, 0.3) is 0 Å². The third kappa shape index (κ3) is 4.28. The van der Waals surface area contributed by atoms with Crippen molar-refractivity contribution in [2.24, 2.45) is 39.7 Å². The number of aliphatic hydroxyl groups is 1. The van der Waals surface area contributed by atoms with E-state index in [0.717, 1.165) is 30.4 Å². The summed E-state index contributed by atoms with van der Waals surface area (Å²) in [6.07, 6.45) is 4.02. The van der Waals surface area contributed by atoms with E-state index in [1.54, 1.807) is 12.1 Å². The van der Waals surface area contributed by atoms with Gasteiger partial charge in [-0.3, -0.25) is 9.59 Å². The first-order chi connectivity index (χ1) is 18.4. The molecule has 8 nitrogen and oxygen atoms in total. The number of benzene rings is 1. The number of carbonyl (C=O) groups excluding carboxylic acids is 2. The van der Waals surface area contributed by atoms with Crippen LogP contribution in [0.2, 0.25) is 0 Å². The molecule has 0 unspecified atom stereocenters. The lowest BCUT2D eigenvalue weighted by Crippen LogP contribution is -2.63. The van der Waals surface area contributed by atoms with Gasteiger partial charge in [0.2, 0.25) is 0 Å². The van der Waals surface area contributed by atoms with Crippen LogP contribution >= 0.6 is 0 Å². The first-order valence-corrected chi connectivity index (χ1v) is 14.3. The second-order valence-corrected chi connectivity index (χ2v) is 13.0. The number of rotatable bonds is 6. The number of fused-ring (bicyclic) bond motifs is 1. The molecule has 5 rings (SSSR count). The zero-order valence-electron chi connectivity index (χ0n) is 23.7. The van der Waals surface area contributed by atoms with Crippen molar-refractivity contribution in [2.45, 2.75) is 85.2 Å². The van der Waals surface area contributed by atoms with Gasteiger partial charge in [-0.2, -0.15) is 0 Å². The summed E-state index contributed by atoms with van der Waals surface area (Å²) in [6, 6.07) is 3.67. The van der Waals surface area contributed by atoms with E-state index < -0.39 is 36.1 Å². The third-order valence-corrected chi connectivity index (χ3v) is 11.2. The van der Waals surface area contributed by atoms with Gasteiger partial charge in [-0.25, -0.2) is 0 Å². The highest BCUT2D eigenvalue weighted by Crippen LogP contribution is 2.68. The van der Waals surface area contributed by atoms with Crippen molar-refractivity contribution in [3.05, 3.63) is 35.9 Å². The van der Waals surface area contributed by atoms with Crippen LogP contribution in [0.25, 0.3) is 0 Å². The summed E-state index contributed by atoms with van der Waals surface area (Å²) >= 11 is 0. The number of anilines is 1. The van der Waals surface area contributed by atoms with Crippen molar-refractivity contribution in [3.63, 3.8) is 0 Å². The van der Waals surface area contributed by atoms with Crippen molar-refractivity contribution in [3.8, 4) is 0 Å². The molecule has 3 saturated carbocycles. The van der Waals surface area contributed by atoms with E-state index in [1.165, 1.54) is 0 Å². The largest absolute Gasteiger partial charge is 0.491 e. The Hall–Kier alpha value is -2.20. The summed E-state index contributed by atoms with van der Waals surface area (Å²) in [5.74, 6) is -0.376. The quantitative estimate of drug-likeness (QED) is 0.247. The van der Waals surface area contributed by atoms with Crippen LogP contribution in [0, 0.1) is 34.0 Å². The highest BCUT2D eigenvalue weighted by Gasteiger charge is 2.68. The fourth-order valence-corrected chi connectivity index (χ4v) is 8.53. The number of esters is 1. The van der Waals surface area contributed by atoms with Gasteiger partial charge < -0.3 is 30.6 Å². The Balaban J connectivity index is 1.45. The van der Waals surface area contributed by atoms with E-state index in [1.807, 2.05) is 13.0 Å². The average molecular weight is 538 g/mol. The van der Waals surface area contributed by atoms with E-state index >= 15 is 0 Å². The van der Waals surface area contributed by atoms with Crippen molar-refractivity contribution >= 4 is 30.0 Å². The molecule has 0 spiro atoms. The molecule has 212 valence electrons. The Bertz CT molecular complexity index is 1180. The molecule has 3 aliphatic carbocycles. The van der Waals surface area contributed by atoms with Gasteiger partial charge in [0.15, 0.2) is 0 Å². The second kappa shape index (κ2) is 10.0. The SMILES string of the molecule is C=C[C@]1(C)C[C@@H](OC(=O)CNc2cc3c(cc2CN)COB3O)[C@@]2(C)[C@@H]3C(=O)CC[C@@]3(CC[C@@H]2C)[C@@H](C)[C@@H]1O. The molecule has 0 aromatic heterocycles. The normalized spacial score (nSPS) is 39.4. The molecule has 1 aliphatic heterocycles. The minimum Gasteiger partial charge on any atom is -0.460 e. The average Bonchev–Trinajstić information content (AvgIpc) is 3.47. The number of Topliss-reactive ketones (excluding diaryl/α,β-unsaturated/α-hetero) is 1. The number of aliphatic hydroxyl groups excluding tert-OH is 1. The van der Waals surface area contributed by atoms with Crippen LogP contribution in [-0.4, -0.2) is 47.8 Å². The minimum absolute atomic E-state index is 0.0732. The molecule has 0 amide bonds. The Labute approximate surface area is 231 Å². The number of nitrogens with two attached hydrogens (primary N) is 1. The molecular weight excluding hydrogens is 495 g/mol. The molecule has 2 bridgehead atoms. The van der Waals surface area contributed by atoms with Gasteiger partial charge in [0, 0.05) is 35.4 Å². The first kappa shape index (κ1) is 28.3. The molecule has 3 fully saturated rings. The molecule has 1 heterocycles. The van der Waals surface area contributed by atoms with Crippen LogP contribution in [0.3, 0.4) is 0 Å². The zero-order valence-corrected chi connectivity index (χ0v) is 23.7. The van der Waals surface area contributed by atoms with Crippen LogP contribution in [0.4, 0.5) is 5.69 Å². The standard InChI is InChI=1S/C30H43BN2O6/c1-6-28(4)13-24(29(5)17(2)7-9-30(18(3)27(28)36)10-8-23(34)26(29)30)39-25(35)15-33-22-12-21-20(11-19(22)14-32)16-38-31(21)37/h6,11-12,17-18,24,26-27,33,36-37H,1,7-10,13-16,32H2,2-5H3/t17-,18-,24+,26-,27-,28+,29-,30-/m0/s1. The maximum absolute atomic E-state index is 13.6. The van der Waals surface area contributed by atoms with Gasteiger partial charge in [-0.1, -0.05) is 39.8 Å². The first-order valence-electron chi connectivity index (χ1n) is 14.3. The summed E-state index contributed by atoms with van der Waals surface area (Å²) < 4.78 is 11.6. The van der Waals surface area contributed by atoms with E-state index in [0.29, 0.717) is 30.6 Å². The molecule has 9 heteroatoms. The topological polar surface area (TPSA) is 131 Å². The fraction of sp³-hybridized carbons (Fsp3) is 0.667. The van der Waals surface area contributed by atoms with E-state index in [4.69, 9.17) is 15.1 Å². The maximum Gasteiger partial charge on any atom is 0.491 e. The number of carbonyl (C=O) groups is 2. The van der Waals surface area contributed by atoms with Gasteiger partial charge in [-0.05, 0) is 65.6 Å². The van der Waals surface area contributed by atoms with Crippen LogP contribution in [0.5, 0.6) is 0 Å². The lowest BCUT2D eigenvalue weighted by molar-refractivity contribution is -0.205. The highest BCUT2D eigenvalue weighted by atomic mass is 16.5. The fourth-order valence-electron chi connectivity index (χ4n) is 8.53. The summed E-state index contributed by atoms with van der Waals surface area (Å²) in [5, 5.41) is 25.0. The van der Waals surface area contributed by atoms with Gasteiger partial charge in [0.05, 0.1) is 12.7 Å². The maximum atomic E-state index is 13.6. The minimum atomic E-state index is -1.00. The summed E-state index contributed by atoms with van der Waals surface area (Å²) in [5.41, 5.74) is 7.42. The van der Waals surface area contributed by atoms with Gasteiger partial charge in [0.1, 0.15) is 18.4 Å². The molecule has 8 atom stereocenters. The van der Waals surface area contributed by atoms with E-state index in [2.05, 4.69) is 32.7 Å². The van der Waals surface area contributed by atoms with E-state index in [-0.39, 0.29) is 42.0 Å². The van der Waals surface area contributed by atoms with Gasteiger partial charge >= 0.3 is 13.1 Å². The summed E-state index contributed by atoms with van der Waals surface area (Å²) in [4.78, 5) is 27.0. The zero-order chi connectivity index (χ0) is 28.3. The van der Waals surface area contributed by atoms with Crippen molar-refractivity contribution in [2.75, 3.05) is 11.9 Å². The number of ether oxygens (including phenoxy) is 1. The highest BCUT2D eigenvalue weighted by molar-refractivity contribution is 6.61. The number of hydrogen-bond acceptors (Lipinski definition) is 8. The van der Waals surface area contributed by atoms with Crippen LogP contribution < -0.4 is 16.5 Å². The lowest BCUT2D eigenvalue weighted by atomic mass is 9.44. The number of hydrogen-bond donors (Lipinski definition) is 4. The summed E-state index contributed by atoms with van der Waals surface area (Å²) in [7, 11) is -1.00.